The van der Waals surface area contributed by atoms with Crippen LogP contribution in [0, 0.1) is 0 Å². The van der Waals surface area contributed by atoms with Crippen molar-refractivity contribution in [3.8, 4) is 0 Å². The van der Waals surface area contributed by atoms with Gasteiger partial charge in [0, 0.05) is 40.7 Å². The molecular formula is C25H24ClNO3. The average Bonchev–Trinajstić information content (AvgIpc) is 2.74. The zero-order valence-corrected chi connectivity index (χ0v) is 17.7. The van der Waals surface area contributed by atoms with Gasteiger partial charge < -0.3 is 10.1 Å². The van der Waals surface area contributed by atoms with E-state index in [2.05, 4.69) is 5.32 Å². The molecule has 0 saturated carbocycles. The lowest BCUT2D eigenvalue weighted by atomic mass is 9.75. The molecule has 5 heteroatoms. The van der Waals surface area contributed by atoms with E-state index in [1.807, 2.05) is 49.4 Å². The fourth-order valence-corrected chi connectivity index (χ4v) is 4.35. The van der Waals surface area contributed by atoms with Gasteiger partial charge in [0.05, 0.1) is 12.2 Å². The standard InChI is InChI=1S/C25H24ClNO3/c1-16-22(25(29)30-15-14-17-6-3-2-4-7-17)23(18-10-12-19(26)13-11-18)24-20(27-16)8-5-9-21(24)28/h2-4,6-7,10-13,23,27H,5,8-9,14-15H2,1H3/t23-/m1/s1. The number of dihydropyridines is 1. The van der Waals surface area contributed by atoms with Gasteiger partial charge in [0.15, 0.2) is 5.78 Å². The van der Waals surface area contributed by atoms with Crippen molar-refractivity contribution in [3.63, 3.8) is 0 Å². The Labute approximate surface area is 181 Å². The van der Waals surface area contributed by atoms with Gasteiger partial charge in [0.1, 0.15) is 0 Å². The second-order valence-electron chi connectivity index (χ2n) is 7.69. The predicted octanol–water partition coefficient (Wildman–Crippen LogP) is 5.09. The third-order valence-electron chi connectivity index (χ3n) is 5.67. The minimum atomic E-state index is -0.435. The number of hydrogen-bond acceptors (Lipinski definition) is 4. The van der Waals surface area contributed by atoms with Crippen LogP contribution in [-0.4, -0.2) is 18.4 Å². The SMILES string of the molecule is CC1=C(C(=O)OCCc2ccccc2)[C@@H](c2ccc(Cl)cc2)C2=C(CCCC2=O)N1. The van der Waals surface area contributed by atoms with Gasteiger partial charge in [0.25, 0.3) is 0 Å². The van der Waals surface area contributed by atoms with Crippen molar-refractivity contribution >= 4 is 23.4 Å². The summed E-state index contributed by atoms with van der Waals surface area (Å²) in [6, 6.07) is 17.3. The Balaban J connectivity index is 1.63. The average molecular weight is 422 g/mol. The van der Waals surface area contributed by atoms with E-state index >= 15 is 0 Å². The van der Waals surface area contributed by atoms with E-state index in [-0.39, 0.29) is 18.4 Å². The first-order chi connectivity index (χ1) is 14.5. The van der Waals surface area contributed by atoms with Gasteiger partial charge in [-0.25, -0.2) is 4.79 Å². The maximum Gasteiger partial charge on any atom is 0.336 e. The number of hydrogen-bond donors (Lipinski definition) is 1. The van der Waals surface area contributed by atoms with E-state index in [1.165, 1.54) is 0 Å². The highest BCUT2D eigenvalue weighted by Gasteiger charge is 2.39. The van der Waals surface area contributed by atoms with Crippen molar-refractivity contribution in [2.24, 2.45) is 0 Å². The fraction of sp³-hybridized carbons (Fsp3) is 0.280. The lowest BCUT2D eigenvalue weighted by Gasteiger charge is -2.34. The summed E-state index contributed by atoms with van der Waals surface area (Å²) < 4.78 is 5.65. The molecule has 154 valence electrons. The first kappa shape index (κ1) is 20.4. The smallest absolute Gasteiger partial charge is 0.336 e. The van der Waals surface area contributed by atoms with Gasteiger partial charge in [-0.15, -0.1) is 0 Å². The molecule has 0 unspecified atom stereocenters. The second kappa shape index (κ2) is 8.88. The molecule has 0 saturated heterocycles. The van der Waals surface area contributed by atoms with Crippen LogP contribution in [0.2, 0.25) is 5.02 Å². The molecule has 2 aliphatic rings. The van der Waals surface area contributed by atoms with Crippen LogP contribution in [0.15, 0.2) is 77.1 Å². The Morgan fingerprint density at radius 1 is 1.10 bits per heavy atom. The Kier molecular flexibility index (Phi) is 6.05. The first-order valence-electron chi connectivity index (χ1n) is 10.2. The maximum atomic E-state index is 13.2. The van der Waals surface area contributed by atoms with Crippen LogP contribution in [0.25, 0.3) is 0 Å². The third-order valence-corrected chi connectivity index (χ3v) is 5.92. The summed E-state index contributed by atoms with van der Waals surface area (Å²) in [7, 11) is 0. The molecule has 1 heterocycles. The van der Waals surface area contributed by atoms with Gasteiger partial charge in [-0.2, -0.15) is 0 Å². The van der Waals surface area contributed by atoms with Crippen LogP contribution in [-0.2, 0) is 20.7 Å². The molecule has 2 aromatic rings. The lowest BCUT2D eigenvalue weighted by molar-refractivity contribution is -0.139. The van der Waals surface area contributed by atoms with Crippen molar-refractivity contribution in [1.29, 1.82) is 0 Å². The highest BCUT2D eigenvalue weighted by molar-refractivity contribution is 6.30. The largest absolute Gasteiger partial charge is 0.462 e. The number of halogens is 1. The molecule has 4 nitrogen and oxygen atoms in total. The number of allylic oxidation sites excluding steroid dienone is 3. The highest BCUT2D eigenvalue weighted by atomic mass is 35.5. The minimum absolute atomic E-state index is 0.0887. The molecule has 1 N–H and O–H groups in total. The fourth-order valence-electron chi connectivity index (χ4n) is 4.23. The van der Waals surface area contributed by atoms with E-state index in [0.717, 1.165) is 35.4 Å². The van der Waals surface area contributed by atoms with E-state index in [4.69, 9.17) is 16.3 Å². The topological polar surface area (TPSA) is 55.4 Å². The number of carbonyl (C=O) groups is 2. The Hall–Kier alpha value is -2.85. The van der Waals surface area contributed by atoms with Crippen molar-refractivity contribution < 1.29 is 14.3 Å². The van der Waals surface area contributed by atoms with E-state index in [1.54, 1.807) is 12.1 Å². The van der Waals surface area contributed by atoms with Gasteiger partial charge >= 0.3 is 5.97 Å². The maximum absolute atomic E-state index is 13.2. The van der Waals surface area contributed by atoms with Crippen LogP contribution >= 0.6 is 11.6 Å². The summed E-state index contributed by atoms with van der Waals surface area (Å²) in [5.41, 5.74) is 4.83. The number of Topliss-reactive ketones (excluding diaryl/α,β-unsaturated/α-hetero) is 1. The van der Waals surface area contributed by atoms with Crippen molar-refractivity contribution in [1.82, 2.24) is 5.32 Å². The van der Waals surface area contributed by atoms with Gasteiger partial charge in [0.2, 0.25) is 0 Å². The number of nitrogens with one attached hydrogen (secondary N) is 1. The molecule has 4 rings (SSSR count). The summed E-state index contributed by atoms with van der Waals surface area (Å²) >= 11 is 6.08. The number of esters is 1. The first-order valence-corrected chi connectivity index (χ1v) is 10.6. The quantitative estimate of drug-likeness (QED) is 0.683. The highest BCUT2D eigenvalue weighted by Crippen LogP contribution is 2.42. The molecule has 2 aromatic carbocycles. The Bertz CT molecular complexity index is 1020. The number of carbonyl (C=O) groups excluding carboxylic acids is 2. The van der Waals surface area contributed by atoms with Crippen LogP contribution < -0.4 is 5.32 Å². The molecule has 0 fully saturated rings. The number of rotatable bonds is 5. The molecule has 1 atom stereocenters. The summed E-state index contributed by atoms with van der Waals surface area (Å²) in [5.74, 6) is -0.734. The Morgan fingerprint density at radius 2 is 1.83 bits per heavy atom. The summed E-state index contributed by atoms with van der Waals surface area (Å²) in [4.78, 5) is 26.0. The monoisotopic (exact) mass is 421 g/mol. The molecular weight excluding hydrogens is 398 g/mol. The Morgan fingerprint density at radius 3 is 2.57 bits per heavy atom. The van der Waals surface area contributed by atoms with Crippen molar-refractivity contribution in [2.45, 2.75) is 38.5 Å². The van der Waals surface area contributed by atoms with Crippen molar-refractivity contribution in [3.05, 3.63) is 93.3 Å². The van der Waals surface area contributed by atoms with Crippen LogP contribution in [0.4, 0.5) is 0 Å². The molecule has 0 radical (unpaired) electrons. The molecule has 1 aliphatic carbocycles. The molecule has 1 aliphatic heterocycles. The van der Waals surface area contributed by atoms with E-state index in [0.29, 0.717) is 29.0 Å². The second-order valence-corrected chi connectivity index (χ2v) is 8.13. The summed E-state index contributed by atoms with van der Waals surface area (Å²) in [6.45, 7) is 2.16. The number of ether oxygens (including phenoxy) is 1. The zero-order valence-electron chi connectivity index (χ0n) is 16.9. The lowest BCUT2D eigenvalue weighted by Crippen LogP contribution is -2.34. The van der Waals surface area contributed by atoms with E-state index in [9.17, 15) is 9.59 Å². The van der Waals surface area contributed by atoms with Gasteiger partial charge in [-0.05, 0) is 43.0 Å². The molecule has 0 spiro atoms. The minimum Gasteiger partial charge on any atom is -0.462 e. The normalized spacial score (nSPS) is 18.7. The molecule has 0 aromatic heterocycles. The molecule has 30 heavy (non-hydrogen) atoms. The third kappa shape index (κ3) is 4.19. The van der Waals surface area contributed by atoms with Crippen LogP contribution in [0.1, 0.15) is 43.2 Å². The number of benzene rings is 2. The number of ketones is 1. The summed E-state index contributed by atoms with van der Waals surface area (Å²) in [6.07, 6.45) is 2.77. The zero-order chi connectivity index (χ0) is 21.1. The van der Waals surface area contributed by atoms with Gasteiger partial charge in [-0.3, -0.25) is 4.79 Å². The van der Waals surface area contributed by atoms with E-state index < -0.39 is 5.92 Å². The molecule has 0 bridgehead atoms. The van der Waals surface area contributed by atoms with Gasteiger partial charge in [-0.1, -0.05) is 54.1 Å². The van der Waals surface area contributed by atoms with Crippen LogP contribution in [0.5, 0.6) is 0 Å². The van der Waals surface area contributed by atoms with Crippen LogP contribution in [0.3, 0.4) is 0 Å². The summed E-state index contributed by atoms with van der Waals surface area (Å²) in [5, 5.41) is 3.93. The molecule has 0 amide bonds. The predicted molar refractivity (Wildman–Crippen MR) is 117 cm³/mol. The van der Waals surface area contributed by atoms with Crippen molar-refractivity contribution in [2.75, 3.05) is 6.61 Å².